The molecule has 1 heterocycles. The quantitative estimate of drug-likeness (QED) is 0.320. The Bertz CT molecular complexity index is 533. The molecule has 1 amide bonds. The number of halogens is 1. The first-order valence-electron chi connectivity index (χ1n) is 5.81. The van der Waals surface area contributed by atoms with E-state index < -0.39 is 17.8 Å². The minimum absolute atomic E-state index is 0.0648. The molecule has 19 heavy (non-hydrogen) atoms. The number of benzene rings is 1. The van der Waals surface area contributed by atoms with E-state index in [1.807, 2.05) is 0 Å². The molecule has 0 spiro atoms. The number of carbonyl (C=O) groups excluding carboxylic acids is 1. The Kier molecular flexibility index (Phi) is 3.55. The van der Waals surface area contributed by atoms with Crippen LogP contribution < -0.4 is 5.73 Å². The van der Waals surface area contributed by atoms with Crippen molar-refractivity contribution in [2.75, 3.05) is 6.54 Å². The van der Waals surface area contributed by atoms with Crippen LogP contribution in [-0.4, -0.2) is 39.5 Å². The summed E-state index contributed by atoms with van der Waals surface area (Å²) in [7, 11) is 0. The Morgan fingerprint density at radius 2 is 2.26 bits per heavy atom. The number of likely N-dealkylation sites (tertiary alicyclic amines) is 1. The number of amidine groups is 1. The number of nitrogens with two attached hydrogens (primary N) is 1. The number of aromatic hydroxyl groups is 1. The summed E-state index contributed by atoms with van der Waals surface area (Å²) in [6.07, 6.45) is 1.27. The van der Waals surface area contributed by atoms with Crippen molar-refractivity contribution in [2.24, 2.45) is 10.9 Å². The number of hydrogen-bond donors (Lipinski definition) is 3. The Balaban J connectivity index is 2.28. The fourth-order valence-corrected chi connectivity index (χ4v) is 2.22. The molecule has 2 rings (SSSR count). The van der Waals surface area contributed by atoms with E-state index >= 15 is 0 Å². The number of carbonyl (C=O) groups is 1. The predicted octanol–water partition coefficient (Wildman–Crippen LogP) is 0.882. The van der Waals surface area contributed by atoms with Gasteiger partial charge in [-0.2, -0.15) is 0 Å². The highest BCUT2D eigenvalue weighted by Crippen LogP contribution is 2.23. The number of phenols is 1. The lowest BCUT2D eigenvalue weighted by Gasteiger charge is -2.23. The van der Waals surface area contributed by atoms with Crippen LogP contribution in [0.25, 0.3) is 0 Å². The van der Waals surface area contributed by atoms with Crippen molar-refractivity contribution in [1.82, 2.24) is 4.90 Å². The Morgan fingerprint density at radius 1 is 1.53 bits per heavy atom. The third kappa shape index (κ3) is 2.44. The van der Waals surface area contributed by atoms with Crippen LogP contribution in [0.2, 0.25) is 0 Å². The second kappa shape index (κ2) is 5.13. The van der Waals surface area contributed by atoms with Crippen molar-refractivity contribution in [3.05, 3.63) is 29.6 Å². The second-order valence-corrected chi connectivity index (χ2v) is 4.35. The van der Waals surface area contributed by atoms with Gasteiger partial charge in [-0.25, -0.2) is 4.39 Å². The van der Waals surface area contributed by atoms with Crippen molar-refractivity contribution in [2.45, 2.75) is 18.9 Å². The van der Waals surface area contributed by atoms with E-state index in [0.717, 1.165) is 6.07 Å². The number of oxime groups is 1. The van der Waals surface area contributed by atoms with Crippen LogP contribution in [0.1, 0.15) is 23.2 Å². The first-order valence-corrected chi connectivity index (χ1v) is 5.81. The smallest absolute Gasteiger partial charge is 0.257 e. The molecule has 0 radical (unpaired) electrons. The first kappa shape index (κ1) is 13.1. The molecule has 6 nitrogen and oxygen atoms in total. The van der Waals surface area contributed by atoms with Gasteiger partial charge in [0.1, 0.15) is 11.6 Å². The van der Waals surface area contributed by atoms with E-state index in [4.69, 9.17) is 16.0 Å². The van der Waals surface area contributed by atoms with Gasteiger partial charge in [0, 0.05) is 12.6 Å². The minimum atomic E-state index is -0.796. The summed E-state index contributed by atoms with van der Waals surface area (Å²) >= 11 is 0. The third-order valence-corrected chi connectivity index (χ3v) is 3.15. The van der Waals surface area contributed by atoms with E-state index in [-0.39, 0.29) is 17.1 Å². The third-order valence-electron chi connectivity index (χ3n) is 3.15. The highest BCUT2D eigenvalue weighted by molar-refractivity contribution is 5.98. The zero-order valence-electron chi connectivity index (χ0n) is 10.1. The fraction of sp³-hybridized carbons (Fsp3) is 0.333. The summed E-state index contributed by atoms with van der Waals surface area (Å²) < 4.78 is 13.6. The number of amides is 1. The monoisotopic (exact) mass is 267 g/mol. The van der Waals surface area contributed by atoms with Crippen molar-refractivity contribution in [1.29, 1.82) is 0 Å². The van der Waals surface area contributed by atoms with Gasteiger partial charge in [0.15, 0.2) is 5.84 Å². The summed E-state index contributed by atoms with van der Waals surface area (Å²) in [5.74, 6) is -1.64. The van der Waals surface area contributed by atoms with Crippen molar-refractivity contribution >= 4 is 11.7 Å². The van der Waals surface area contributed by atoms with Crippen LogP contribution in [-0.2, 0) is 0 Å². The van der Waals surface area contributed by atoms with Crippen molar-refractivity contribution < 1.29 is 19.5 Å². The zero-order chi connectivity index (χ0) is 14.0. The molecule has 1 aromatic carbocycles. The summed E-state index contributed by atoms with van der Waals surface area (Å²) in [4.78, 5) is 13.6. The highest BCUT2D eigenvalue weighted by Gasteiger charge is 2.33. The first-order chi connectivity index (χ1) is 9.04. The Hall–Kier alpha value is -2.31. The molecule has 0 aromatic heterocycles. The molecule has 0 aliphatic carbocycles. The topological polar surface area (TPSA) is 99.2 Å². The number of phenolic OH excluding ortho intramolecular Hbond substituents is 1. The molecule has 102 valence electrons. The lowest BCUT2D eigenvalue weighted by molar-refractivity contribution is 0.0763. The standard InChI is InChI=1S/C12H14FN3O3/c13-9-6-7(17)3-4-8(9)12(18)16-5-1-2-10(16)11(14)15-19/h3-4,6,10,17,19H,1-2,5H2,(H2,14,15). The largest absolute Gasteiger partial charge is 0.508 e. The van der Waals surface area contributed by atoms with Crippen LogP contribution >= 0.6 is 0 Å². The van der Waals surface area contributed by atoms with Crippen LogP contribution in [0.3, 0.4) is 0 Å². The molecule has 1 aliphatic heterocycles. The van der Waals surface area contributed by atoms with Gasteiger partial charge in [-0.15, -0.1) is 0 Å². The summed E-state index contributed by atoms with van der Waals surface area (Å²) in [6, 6.07) is 2.81. The van der Waals surface area contributed by atoms with Crippen LogP contribution in [0.15, 0.2) is 23.4 Å². The molecule has 1 aliphatic rings. The minimum Gasteiger partial charge on any atom is -0.508 e. The van der Waals surface area contributed by atoms with Gasteiger partial charge in [0.05, 0.1) is 11.6 Å². The van der Waals surface area contributed by atoms with Gasteiger partial charge < -0.3 is 20.9 Å². The van der Waals surface area contributed by atoms with Gasteiger partial charge in [-0.1, -0.05) is 5.16 Å². The van der Waals surface area contributed by atoms with E-state index in [9.17, 15) is 9.18 Å². The number of hydrogen-bond acceptors (Lipinski definition) is 4. The Morgan fingerprint density at radius 3 is 2.89 bits per heavy atom. The van der Waals surface area contributed by atoms with E-state index in [1.165, 1.54) is 17.0 Å². The van der Waals surface area contributed by atoms with Gasteiger partial charge in [0.2, 0.25) is 0 Å². The van der Waals surface area contributed by atoms with E-state index in [0.29, 0.717) is 19.4 Å². The summed E-state index contributed by atoms with van der Waals surface area (Å²) in [5.41, 5.74) is 5.38. The van der Waals surface area contributed by atoms with E-state index in [2.05, 4.69) is 5.16 Å². The van der Waals surface area contributed by atoms with Gasteiger partial charge in [0.25, 0.3) is 5.91 Å². The zero-order valence-corrected chi connectivity index (χ0v) is 10.1. The molecule has 1 atom stereocenters. The average molecular weight is 267 g/mol. The van der Waals surface area contributed by atoms with Gasteiger partial charge in [-0.3, -0.25) is 4.79 Å². The van der Waals surface area contributed by atoms with Gasteiger partial charge >= 0.3 is 0 Å². The number of nitrogens with zero attached hydrogens (tertiary/aromatic N) is 2. The maximum atomic E-state index is 13.6. The van der Waals surface area contributed by atoms with Crippen molar-refractivity contribution in [3.63, 3.8) is 0 Å². The molecular weight excluding hydrogens is 253 g/mol. The van der Waals surface area contributed by atoms with Crippen LogP contribution in [0, 0.1) is 5.82 Å². The van der Waals surface area contributed by atoms with Crippen LogP contribution in [0.4, 0.5) is 4.39 Å². The highest BCUT2D eigenvalue weighted by atomic mass is 19.1. The lowest BCUT2D eigenvalue weighted by Crippen LogP contribution is -2.44. The normalized spacial score (nSPS) is 19.7. The van der Waals surface area contributed by atoms with Crippen molar-refractivity contribution in [3.8, 4) is 5.75 Å². The second-order valence-electron chi connectivity index (χ2n) is 4.35. The average Bonchev–Trinajstić information content (AvgIpc) is 2.86. The molecule has 0 saturated carbocycles. The molecule has 7 heteroatoms. The number of rotatable bonds is 2. The maximum Gasteiger partial charge on any atom is 0.257 e. The molecule has 1 aromatic rings. The fourth-order valence-electron chi connectivity index (χ4n) is 2.22. The van der Waals surface area contributed by atoms with Gasteiger partial charge in [-0.05, 0) is 25.0 Å². The molecular formula is C12H14FN3O3. The predicted molar refractivity (Wildman–Crippen MR) is 65.5 cm³/mol. The molecule has 4 N–H and O–H groups in total. The lowest BCUT2D eigenvalue weighted by atomic mass is 10.1. The Labute approximate surface area is 108 Å². The maximum absolute atomic E-state index is 13.6. The SMILES string of the molecule is N/C(=N/O)C1CCCN1C(=O)c1ccc(O)cc1F. The molecule has 1 saturated heterocycles. The summed E-state index contributed by atoms with van der Waals surface area (Å²) in [6.45, 7) is 0.417. The summed E-state index contributed by atoms with van der Waals surface area (Å²) in [5, 5.41) is 20.7. The van der Waals surface area contributed by atoms with E-state index in [1.54, 1.807) is 0 Å². The van der Waals surface area contributed by atoms with Crippen LogP contribution in [0.5, 0.6) is 5.75 Å². The molecule has 1 fully saturated rings. The molecule has 1 unspecified atom stereocenters. The molecule has 0 bridgehead atoms.